The van der Waals surface area contributed by atoms with Crippen LogP contribution >= 0.6 is 22.6 Å². The molecule has 1 fully saturated rings. The van der Waals surface area contributed by atoms with E-state index in [1.165, 1.54) is 0 Å². The molecule has 1 saturated carbocycles. The van der Waals surface area contributed by atoms with Gasteiger partial charge in [-0.3, -0.25) is 4.79 Å². The fraction of sp³-hybridized carbons (Fsp3) is 0.286. The third kappa shape index (κ3) is 2.51. The Hall–Kier alpha value is -1.37. The zero-order valence-corrected chi connectivity index (χ0v) is 12.6. The maximum atomic E-state index is 12.0. The number of rotatable bonds is 3. The van der Waals surface area contributed by atoms with Crippen molar-refractivity contribution in [3.05, 3.63) is 43.9 Å². The average molecular weight is 368 g/mol. The smallest absolute Gasteiger partial charge is 0.264 e. The Morgan fingerprint density at radius 3 is 2.89 bits per heavy atom. The number of aromatic nitrogens is 2. The van der Waals surface area contributed by atoms with E-state index in [-0.39, 0.29) is 5.56 Å². The quantitative estimate of drug-likeness (QED) is 0.848. The molecule has 0 aliphatic heterocycles. The van der Waals surface area contributed by atoms with Crippen LogP contribution in [0.5, 0.6) is 5.75 Å². The van der Waals surface area contributed by atoms with Gasteiger partial charge in [0.15, 0.2) is 0 Å². The van der Waals surface area contributed by atoms with E-state index in [1.807, 2.05) is 24.3 Å². The van der Waals surface area contributed by atoms with Crippen molar-refractivity contribution < 1.29 is 4.74 Å². The maximum Gasteiger partial charge on any atom is 0.264 e. The van der Waals surface area contributed by atoms with Gasteiger partial charge < -0.3 is 9.72 Å². The summed E-state index contributed by atoms with van der Waals surface area (Å²) in [6.07, 6.45) is 2.26. The van der Waals surface area contributed by atoms with Crippen LogP contribution in [0.3, 0.4) is 0 Å². The first-order valence-corrected chi connectivity index (χ1v) is 7.21. The molecular formula is C14H13IN2O2. The van der Waals surface area contributed by atoms with Gasteiger partial charge in [0.25, 0.3) is 5.56 Å². The van der Waals surface area contributed by atoms with Gasteiger partial charge in [0.2, 0.25) is 0 Å². The first-order chi connectivity index (χ1) is 9.19. The molecule has 4 nitrogen and oxygen atoms in total. The van der Waals surface area contributed by atoms with Crippen LogP contribution in [0.2, 0.25) is 0 Å². The summed E-state index contributed by atoms with van der Waals surface area (Å²) < 4.78 is 5.91. The maximum absolute atomic E-state index is 12.0. The molecule has 1 aliphatic carbocycles. The Labute approximate surface area is 124 Å². The van der Waals surface area contributed by atoms with Crippen molar-refractivity contribution in [3.63, 3.8) is 0 Å². The minimum absolute atomic E-state index is 0.0599. The molecule has 3 rings (SSSR count). The lowest BCUT2D eigenvalue weighted by molar-refractivity contribution is 0.415. The van der Waals surface area contributed by atoms with Crippen LogP contribution < -0.4 is 10.3 Å². The van der Waals surface area contributed by atoms with Crippen LogP contribution in [0, 0.1) is 3.57 Å². The number of methoxy groups -OCH3 is 1. The summed E-state index contributed by atoms with van der Waals surface area (Å²) in [6.45, 7) is 0. The van der Waals surface area contributed by atoms with Gasteiger partial charge in [-0.05, 0) is 47.6 Å². The number of halogens is 1. The van der Waals surface area contributed by atoms with Gasteiger partial charge in [-0.2, -0.15) is 0 Å². The SMILES string of the molecule is COc1cccc(-c2nc(C3CC3)c(I)c(=O)[nH]2)c1. The van der Waals surface area contributed by atoms with Crippen LogP contribution in [0.15, 0.2) is 29.1 Å². The third-order valence-electron chi connectivity index (χ3n) is 3.20. The van der Waals surface area contributed by atoms with Crippen molar-refractivity contribution in [3.8, 4) is 17.1 Å². The highest BCUT2D eigenvalue weighted by molar-refractivity contribution is 14.1. The molecule has 1 heterocycles. The van der Waals surface area contributed by atoms with E-state index in [9.17, 15) is 4.79 Å². The van der Waals surface area contributed by atoms with E-state index in [0.29, 0.717) is 15.3 Å². The molecule has 0 saturated heterocycles. The highest BCUT2D eigenvalue weighted by Gasteiger charge is 2.29. The normalized spacial score (nSPS) is 14.4. The molecule has 98 valence electrons. The van der Waals surface area contributed by atoms with Gasteiger partial charge in [-0.15, -0.1) is 0 Å². The minimum atomic E-state index is -0.0599. The lowest BCUT2D eigenvalue weighted by Gasteiger charge is -2.07. The van der Waals surface area contributed by atoms with Gasteiger partial charge in [-0.25, -0.2) is 4.98 Å². The van der Waals surface area contributed by atoms with Crippen LogP contribution in [-0.4, -0.2) is 17.1 Å². The molecule has 19 heavy (non-hydrogen) atoms. The molecule has 0 atom stereocenters. The van der Waals surface area contributed by atoms with Crippen molar-refractivity contribution in [2.75, 3.05) is 7.11 Å². The fourth-order valence-electron chi connectivity index (χ4n) is 2.01. The Morgan fingerprint density at radius 1 is 1.42 bits per heavy atom. The summed E-state index contributed by atoms with van der Waals surface area (Å²) >= 11 is 2.08. The Bertz CT molecular complexity index is 677. The second-order valence-corrected chi connectivity index (χ2v) is 5.70. The van der Waals surface area contributed by atoms with Crippen molar-refractivity contribution in [2.24, 2.45) is 0 Å². The molecule has 0 bridgehead atoms. The largest absolute Gasteiger partial charge is 0.497 e. The second kappa shape index (κ2) is 4.96. The van der Waals surface area contributed by atoms with E-state index in [1.54, 1.807) is 7.11 Å². The molecule has 1 aromatic carbocycles. The number of hydrogen-bond acceptors (Lipinski definition) is 3. The van der Waals surface area contributed by atoms with E-state index in [4.69, 9.17) is 4.74 Å². The molecule has 0 radical (unpaired) electrons. The van der Waals surface area contributed by atoms with Gasteiger partial charge in [0.05, 0.1) is 16.4 Å². The monoisotopic (exact) mass is 368 g/mol. The molecular weight excluding hydrogens is 355 g/mol. The number of nitrogens with one attached hydrogen (secondary N) is 1. The van der Waals surface area contributed by atoms with Crippen molar-refractivity contribution in [1.82, 2.24) is 9.97 Å². The lowest BCUT2D eigenvalue weighted by Crippen LogP contribution is -2.15. The van der Waals surface area contributed by atoms with Crippen LogP contribution in [0.25, 0.3) is 11.4 Å². The molecule has 0 unspecified atom stereocenters. The number of benzene rings is 1. The second-order valence-electron chi connectivity index (χ2n) is 4.62. The predicted molar refractivity (Wildman–Crippen MR) is 81.5 cm³/mol. The summed E-state index contributed by atoms with van der Waals surface area (Å²) in [4.78, 5) is 19.4. The first kappa shape index (κ1) is 12.7. The molecule has 0 spiro atoms. The Balaban J connectivity index is 2.11. The van der Waals surface area contributed by atoms with Gasteiger partial charge in [0.1, 0.15) is 11.6 Å². The average Bonchev–Trinajstić information content (AvgIpc) is 3.26. The standard InChI is InChI=1S/C14H13IN2O2/c1-19-10-4-2-3-9(7-10)13-16-12(8-5-6-8)11(15)14(18)17-13/h2-4,7-8H,5-6H2,1H3,(H,16,17,18). The topological polar surface area (TPSA) is 55.0 Å². The van der Waals surface area contributed by atoms with Gasteiger partial charge >= 0.3 is 0 Å². The molecule has 5 heteroatoms. The number of ether oxygens (including phenoxy) is 1. The Morgan fingerprint density at radius 2 is 2.21 bits per heavy atom. The summed E-state index contributed by atoms with van der Waals surface area (Å²) in [5, 5.41) is 0. The van der Waals surface area contributed by atoms with Crippen molar-refractivity contribution in [1.29, 1.82) is 0 Å². The highest BCUT2D eigenvalue weighted by Crippen LogP contribution is 2.40. The van der Waals surface area contributed by atoms with Crippen molar-refractivity contribution in [2.45, 2.75) is 18.8 Å². The third-order valence-corrected chi connectivity index (χ3v) is 4.24. The van der Waals surface area contributed by atoms with E-state index in [2.05, 4.69) is 32.6 Å². The molecule has 2 aromatic rings. The predicted octanol–water partition coefficient (Wildman–Crippen LogP) is 2.93. The van der Waals surface area contributed by atoms with Crippen molar-refractivity contribution >= 4 is 22.6 Å². The van der Waals surface area contributed by atoms with E-state index >= 15 is 0 Å². The number of hydrogen-bond donors (Lipinski definition) is 1. The molecule has 0 amide bonds. The van der Waals surface area contributed by atoms with Crippen LogP contribution in [0.1, 0.15) is 24.5 Å². The first-order valence-electron chi connectivity index (χ1n) is 6.13. The zero-order valence-electron chi connectivity index (χ0n) is 10.4. The van der Waals surface area contributed by atoms with E-state index < -0.39 is 0 Å². The summed E-state index contributed by atoms with van der Waals surface area (Å²) in [7, 11) is 1.62. The van der Waals surface area contributed by atoms with Crippen LogP contribution in [-0.2, 0) is 0 Å². The van der Waals surface area contributed by atoms with Crippen LogP contribution in [0.4, 0.5) is 0 Å². The van der Waals surface area contributed by atoms with E-state index in [0.717, 1.165) is 29.8 Å². The minimum Gasteiger partial charge on any atom is -0.497 e. The molecule has 1 aliphatic rings. The Kier molecular flexibility index (Phi) is 3.30. The molecule has 1 N–H and O–H groups in total. The lowest BCUT2D eigenvalue weighted by atomic mass is 10.2. The van der Waals surface area contributed by atoms with Gasteiger partial charge in [-0.1, -0.05) is 12.1 Å². The summed E-state index contributed by atoms with van der Waals surface area (Å²) in [6, 6.07) is 7.56. The summed E-state index contributed by atoms with van der Waals surface area (Å²) in [5.74, 6) is 1.83. The zero-order chi connectivity index (χ0) is 13.4. The number of H-pyrrole nitrogens is 1. The highest BCUT2D eigenvalue weighted by atomic mass is 127. The summed E-state index contributed by atoms with van der Waals surface area (Å²) in [5.41, 5.74) is 1.74. The fourth-order valence-corrected chi connectivity index (χ4v) is 2.71. The van der Waals surface area contributed by atoms with Gasteiger partial charge in [0, 0.05) is 11.5 Å². The molecule has 1 aromatic heterocycles. The number of aromatic amines is 1. The number of nitrogens with zero attached hydrogens (tertiary/aromatic N) is 1.